The molecule has 14 aromatic rings. The zero-order valence-corrected chi connectivity index (χ0v) is 42.8. The van der Waals surface area contributed by atoms with Gasteiger partial charge < -0.3 is 0 Å². The maximum atomic E-state index is 11.1. The van der Waals surface area contributed by atoms with Crippen LogP contribution >= 0.6 is 0 Å². The summed E-state index contributed by atoms with van der Waals surface area (Å²) >= 11 is 0. The van der Waals surface area contributed by atoms with E-state index in [0.717, 1.165) is 99.6 Å². The molecule has 8 aromatic carbocycles. The lowest BCUT2D eigenvalue weighted by Gasteiger charge is -2.17. The van der Waals surface area contributed by atoms with Crippen molar-refractivity contribution in [1.82, 2.24) is 29.9 Å². The van der Waals surface area contributed by atoms with Crippen molar-refractivity contribution in [2.75, 3.05) is 0 Å². The van der Waals surface area contributed by atoms with Crippen LogP contribution in [0, 0.1) is 22.7 Å². The van der Waals surface area contributed by atoms with Gasteiger partial charge in [-0.25, -0.2) is 19.9 Å². The molecule has 0 amide bonds. The van der Waals surface area contributed by atoms with Gasteiger partial charge in [0.2, 0.25) is 0 Å². The maximum Gasteiger partial charge on any atom is 0.102 e. The van der Waals surface area contributed by atoms with Crippen LogP contribution in [-0.2, 0) is 0 Å². The van der Waals surface area contributed by atoms with E-state index in [-0.39, 0.29) is 0 Å². The highest BCUT2D eigenvalue weighted by molar-refractivity contribution is 6.16. The van der Waals surface area contributed by atoms with Crippen LogP contribution in [0.2, 0.25) is 0 Å². The summed E-state index contributed by atoms with van der Waals surface area (Å²) in [5.74, 6) is 0. The summed E-state index contributed by atoms with van der Waals surface area (Å²) in [7, 11) is 0. The van der Waals surface area contributed by atoms with E-state index in [9.17, 15) is 10.5 Å². The van der Waals surface area contributed by atoms with Gasteiger partial charge in [0.15, 0.2) is 0 Å². The quantitative estimate of drug-likeness (QED) is 0.131. The van der Waals surface area contributed by atoms with E-state index in [2.05, 4.69) is 97.1 Å². The lowest BCUT2D eigenvalue weighted by atomic mass is 9.91. The lowest BCUT2D eigenvalue weighted by Crippen LogP contribution is -2.00. The smallest absolute Gasteiger partial charge is 0.102 e. The third-order valence-electron chi connectivity index (χ3n) is 14.9. The van der Waals surface area contributed by atoms with E-state index in [0.29, 0.717) is 56.1 Å². The minimum Gasteiger partial charge on any atom is -0.256 e. The van der Waals surface area contributed by atoms with Crippen LogP contribution in [0.25, 0.3) is 145 Å². The molecule has 6 heterocycles. The van der Waals surface area contributed by atoms with Crippen LogP contribution in [0.3, 0.4) is 0 Å². The number of aromatic nitrogens is 6. The largest absolute Gasteiger partial charge is 0.256 e. The van der Waals surface area contributed by atoms with Crippen molar-refractivity contribution in [3.05, 3.63) is 266 Å². The van der Waals surface area contributed by atoms with Crippen molar-refractivity contribution in [1.29, 1.82) is 10.5 Å². The summed E-state index contributed by atoms with van der Waals surface area (Å²) < 4.78 is 0. The molecule has 0 radical (unpaired) electrons. The molecule has 6 aromatic heterocycles. The molecule has 0 aliphatic carbocycles. The molecule has 14 rings (SSSR count). The monoisotopic (exact) mass is 1020 g/mol. The molecule has 0 atom stereocenters. The summed E-state index contributed by atoms with van der Waals surface area (Å²) in [6, 6.07) is 86.3. The molecule has 0 bridgehead atoms. The van der Waals surface area contributed by atoms with Gasteiger partial charge in [0.05, 0.1) is 67.4 Å². The molecule has 8 heteroatoms. The van der Waals surface area contributed by atoms with Crippen LogP contribution in [0.5, 0.6) is 0 Å². The third-order valence-corrected chi connectivity index (χ3v) is 14.9. The summed E-state index contributed by atoms with van der Waals surface area (Å²) in [5, 5.41) is 25.7. The van der Waals surface area contributed by atoms with Crippen molar-refractivity contribution < 1.29 is 0 Å². The lowest BCUT2D eigenvalue weighted by molar-refractivity contribution is 1.28. The predicted molar refractivity (Wildman–Crippen MR) is 322 cm³/mol. The van der Waals surface area contributed by atoms with Crippen LogP contribution < -0.4 is 0 Å². The number of rotatable bonds is 9. The molecule has 0 spiro atoms. The van der Waals surface area contributed by atoms with Crippen molar-refractivity contribution in [2.45, 2.75) is 0 Å². The predicted octanol–water partition coefficient (Wildman–Crippen LogP) is 17.4. The van der Waals surface area contributed by atoms with Crippen LogP contribution in [0.1, 0.15) is 11.1 Å². The molecule has 0 saturated carbocycles. The first-order valence-electron chi connectivity index (χ1n) is 26.3. The SMILES string of the molecule is N#Cc1c(-c2ccccc2)nc2c(ccc3c(-c4ccccc4)cc(-c4ccccc4)nc32)c1-c1ccc(-c2ccc(-c3c(C#N)c(-c4ccccc4)nc4c3ccc3c(-c5ccccc5)cc(-c5ccccc5)nc34)nc2)cn1. The first-order valence-corrected chi connectivity index (χ1v) is 26.3. The van der Waals surface area contributed by atoms with E-state index in [4.69, 9.17) is 29.9 Å². The van der Waals surface area contributed by atoms with Gasteiger partial charge in [-0.15, -0.1) is 0 Å². The van der Waals surface area contributed by atoms with Gasteiger partial charge in [0.1, 0.15) is 12.1 Å². The number of hydrogen-bond donors (Lipinski definition) is 0. The van der Waals surface area contributed by atoms with Gasteiger partial charge in [-0.3, -0.25) is 9.97 Å². The molecular weight excluding hydrogens is 977 g/mol. The van der Waals surface area contributed by atoms with Gasteiger partial charge in [0, 0.05) is 78.4 Å². The zero-order valence-electron chi connectivity index (χ0n) is 42.8. The molecule has 0 saturated heterocycles. The van der Waals surface area contributed by atoms with Crippen molar-refractivity contribution in [3.8, 4) is 113 Å². The topological polar surface area (TPSA) is 125 Å². The van der Waals surface area contributed by atoms with Gasteiger partial charge in [-0.05, 0) is 46.5 Å². The van der Waals surface area contributed by atoms with Gasteiger partial charge in [0.25, 0.3) is 0 Å². The molecule has 8 nitrogen and oxygen atoms in total. The van der Waals surface area contributed by atoms with Crippen LogP contribution in [0.15, 0.2) is 255 Å². The first-order chi connectivity index (χ1) is 39.6. The number of nitrogens with zero attached hydrogens (tertiary/aromatic N) is 8. The number of fused-ring (bicyclic) bond motifs is 6. The molecule has 370 valence electrons. The highest BCUT2D eigenvalue weighted by Gasteiger charge is 2.25. The Hall–Kier alpha value is -11.3. The van der Waals surface area contributed by atoms with Crippen molar-refractivity contribution >= 4 is 43.6 Å². The second-order valence-corrected chi connectivity index (χ2v) is 19.5. The second kappa shape index (κ2) is 20.0. The summed E-state index contributed by atoms with van der Waals surface area (Å²) in [6.07, 6.45) is 3.65. The molecule has 0 aliphatic rings. The van der Waals surface area contributed by atoms with E-state index >= 15 is 0 Å². The Morgan fingerprint density at radius 1 is 0.263 bits per heavy atom. The molecular formula is C72H42N8. The molecule has 0 fully saturated rings. The second-order valence-electron chi connectivity index (χ2n) is 19.5. The number of pyridine rings is 6. The fourth-order valence-corrected chi connectivity index (χ4v) is 11.0. The third kappa shape index (κ3) is 8.25. The minimum absolute atomic E-state index is 0.417. The minimum atomic E-state index is 0.417. The Morgan fingerprint density at radius 3 is 0.900 bits per heavy atom. The number of benzene rings is 8. The first kappa shape index (κ1) is 47.2. The van der Waals surface area contributed by atoms with E-state index in [1.54, 1.807) is 0 Å². The molecule has 0 N–H and O–H groups in total. The van der Waals surface area contributed by atoms with Crippen LogP contribution in [-0.4, -0.2) is 29.9 Å². The fraction of sp³-hybridized carbons (Fsp3) is 0. The standard InChI is InChI=1S/C72H42N8/c73-41-59-65(55-35-33-53-57(45-19-7-1-8-20-45)39-63(47-23-11-3-12-24-47)77-69(53)71(55)79-67(59)49-27-15-5-16-28-49)61-37-31-51(43-75-61)52-32-38-62(76-44-52)66-56-36-34-54-58(46-21-9-2-10-22-46)40-64(48-25-13-4-14-26-48)78-70(54)72(56)80-68(60(66)42-74)50-29-17-6-18-30-50/h1-40,43-44H. The van der Waals surface area contributed by atoms with Crippen molar-refractivity contribution in [2.24, 2.45) is 0 Å². The Bertz CT molecular complexity index is 4470. The highest BCUT2D eigenvalue weighted by Crippen LogP contribution is 2.44. The van der Waals surface area contributed by atoms with Gasteiger partial charge >= 0.3 is 0 Å². The summed E-state index contributed by atoms with van der Waals surface area (Å²) in [6.45, 7) is 0. The Kier molecular flexibility index (Phi) is 11.8. The average molecular weight is 1020 g/mol. The van der Waals surface area contributed by atoms with Gasteiger partial charge in [-0.1, -0.05) is 218 Å². The zero-order chi connectivity index (χ0) is 53.5. The maximum absolute atomic E-state index is 11.1. The average Bonchev–Trinajstić information content (AvgIpc) is 3.56. The number of hydrogen-bond acceptors (Lipinski definition) is 8. The van der Waals surface area contributed by atoms with Crippen LogP contribution in [0.4, 0.5) is 0 Å². The summed E-state index contributed by atoms with van der Waals surface area (Å²) in [4.78, 5) is 31.7. The van der Waals surface area contributed by atoms with E-state index < -0.39 is 0 Å². The molecule has 0 unspecified atom stereocenters. The molecule has 0 aliphatic heterocycles. The fourth-order valence-electron chi connectivity index (χ4n) is 11.0. The number of nitriles is 2. The Morgan fingerprint density at radius 2 is 0.575 bits per heavy atom. The van der Waals surface area contributed by atoms with E-state index in [1.807, 2.05) is 170 Å². The van der Waals surface area contributed by atoms with Crippen molar-refractivity contribution in [3.63, 3.8) is 0 Å². The highest BCUT2D eigenvalue weighted by atomic mass is 14.8. The van der Waals surface area contributed by atoms with Gasteiger partial charge in [-0.2, -0.15) is 10.5 Å². The molecule has 80 heavy (non-hydrogen) atoms. The summed E-state index contributed by atoms with van der Waals surface area (Å²) in [5.41, 5.74) is 18.4. The normalized spacial score (nSPS) is 11.2. The Balaban J connectivity index is 0.919. The van der Waals surface area contributed by atoms with E-state index in [1.165, 1.54) is 0 Å². The Labute approximate surface area is 461 Å².